The zero-order chi connectivity index (χ0) is 16.2. The lowest BCUT2D eigenvalue weighted by atomic mass is 10.0. The number of H-pyrrole nitrogens is 1. The molecule has 23 heavy (non-hydrogen) atoms. The predicted octanol–water partition coefficient (Wildman–Crippen LogP) is 2.15. The zero-order valence-electron chi connectivity index (χ0n) is 13.3. The third-order valence-electron chi connectivity index (χ3n) is 4.15. The van der Waals surface area contributed by atoms with Crippen LogP contribution in [-0.2, 0) is 25.9 Å². The molecule has 1 aliphatic heterocycles. The van der Waals surface area contributed by atoms with E-state index in [1.165, 1.54) is 0 Å². The predicted molar refractivity (Wildman–Crippen MR) is 87.8 cm³/mol. The molecule has 5 heteroatoms. The van der Waals surface area contributed by atoms with Crippen molar-refractivity contribution in [3.8, 4) is 6.07 Å². The van der Waals surface area contributed by atoms with Crippen molar-refractivity contribution in [3.63, 3.8) is 0 Å². The molecule has 0 spiro atoms. The normalized spacial score (nSPS) is 14.3. The highest BCUT2D eigenvalue weighted by atomic mass is 16.1. The molecule has 1 aromatic carbocycles. The highest BCUT2D eigenvalue weighted by Gasteiger charge is 2.21. The summed E-state index contributed by atoms with van der Waals surface area (Å²) in [5, 5.41) is 9.00. The second-order valence-electron chi connectivity index (χ2n) is 5.96. The molecule has 0 amide bonds. The van der Waals surface area contributed by atoms with Gasteiger partial charge in [-0.05, 0) is 30.5 Å². The topological polar surface area (TPSA) is 72.8 Å². The van der Waals surface area contributed by atoms with Crippen LogP contribution >= 0.6 is 0 Å². The van der Waals surface area contributed by atoms with Gasteiger partial charge in [-0.3, -0.25) is 9.69 Å². The molecule has 1 aliphatic rings. The standard InChI is InChI=1S/C18H20N4O/c1-2-4-17-20-16-12-22(8-7-15(16)18(23)21-17)11-14-6-3-5-13(9-14)10-19/h3,5-6,9H,2,4,7-8,11-12H2,1H3,(H,20,21,23). The van der Waals surface area contributed by atoms with E-state index in [4.69, 9.17) is 5.26 Å². The van der Waals surface area contributed by atoms with E-state index in [1.54, 1.807) is 0 Å². The molecule has 1 aromatic heterocycles. The van der Waals surface area contributed by atoms with Gasteiger partial charge in [0.15, 0.2) is 0 Å². The molecule has 1 N–H and O–H groups in total. The van der Waals surface area contributed by atoms with Crippen LogP contribution in [0.5, 0.6) is 0 Å². The summed E-state index contributed by atoms with van der Waals surface area (Å²) in [6, 6.07) is 9.85. The maximum Gasteiger partial charge on any atom is 0.254 e. The van der Waals surface area contributed by atoms with Gasteiger partial charge >= 0.3 is 0 Å². The maximum absolute atomic E-state index is 12.2. The molecule has 0 bridgehead atoms. The first kappa shape index (κ1) is 15.4. The van der Waals surface area contributed by atoms with Crippen LogP contribution in [0.4, 0.5) is 0 Å². The minimum absolute atomic E-state index is 0.0181. The molecule has 118 valence electrons. The number of aromatic nitrogens is 2. The van der Waals surface area contributed by atoms with Gasteiger partial charge in [0, 0.05) is 31.6 Å². The minimum Gasteiger partial charge on any atom is -0.310 e. The Bertz CT molecular complexity index is 803. The summed E-state index contributed by atoms with van der Waals surface area (Å²) >= 11 is 0. The van der Waals surface area contributed by atoms with Crippen LogP contribution in [0.3, 0.4) is 0 Å². The summed E-state index contributed by atoms with van der Waals surface area (Å²) in [6.45, 7) is 4.37. The molecule has 0 saturated heterocycles. The van der Waals surface area contributed by atoms with Crippen molar-refractivity contribution in [1.82, 2.24) is 14.9 Å². The van der Waals surface area contributed by atoms with Crippen LogP contribution in [0.25, 0.3) is 0 Å². The average molecular weight is 308 g/mol. The first-order valence-electron chi connectivity index (χ1n) is 8.02. The minimum atomic E-state index is 0.0181. The first-order chi connectivity index (χ1) is 11.2. The fourth-order valence-electron chi connectivity index (χ4n) is 3.03. The van der Waals surface area contributed by atoms with Gasteiger partial charge in [0.1, 0.15) is 5.82 Å². The van der Waals surface area contributed by atoms with Crippen molar-refractivity contribution in [1.29, 1.82) is 5.26 Å². The summed E-state index contributed by atoms with van der Waals surface area (Å²) in [6.07, 6.45) is 2.49. The SMILES string of the molecule is CCCc1nc2c(c(=O)[nH]1)CCN(Cc1cccc(C#N)c1)C2. The van der Waals surface area contributed by atoms with E-state index in [-0.39, 0.29) is 5.56 Å². The monoisotopic (exact) mass is 308 g/mol. The highest BCUT2D eigenvalue weighted by molar-refractivity contribution is 5.33. The number of aryl methyl sites for hydroxylation is 1. The molecular formula is C18H20N4O. The summed E-state index contributed by atoms with van der Waals surface area (Å²) in [4.78, 5) is 22.0. The molecule has 0 atom stereocenters. The van der Waals surface area contributed by atoms with Gasteiger partial charge in [-0.25, -0.2) is 4.98 Å². The van der Waals surface area contributed by atoms with Crippen molar-refractivity contribution in [3.05, 3.63) is 62.8 Å². The first-order valence-corrected chi connectivity index (χ1v) is 8.02. The summed E-state index contributed by atoms with van der Waals surface area (Å²) in [5.41, 5.74) is 3.54. The highest BCUT2D eigenvalue weighted by Crippen LogP contribution is 2.17. The molecule has 2 heterocycles. The summed E-state index contributed by atoms with van der Waals surface area (Å²) in [5.74, 6) is 0.782. The Morgan fingerprint density at radius 2 is 2.30 bits per heavy atom. The van der Waals surface area contributed by atoms with Crippen LogP contribution in [0.1, 0.15) is 41.6 Å². The second kappa shape index (κ2) is 6.76. The van der Waals surface area contributed by atoms with Crippen molar-refractivity contribution in [2.75, 3.05) is 6.54 Å². The Balaban J connectivity index is 1.79. The second-order valence-corrected chi connectivity index (χ2v) is 5.96. The number of benzene rings is 1. The van der Waals surface area contributed by atoms with Gasteiger partial charge in [0.2, 0.25) is 0 Å². The fraction of sp³-hybridized carbons (Fsp3) is 0.389. The Morgan fingerprint density at radius 1 is 1.43 bits per heavy atom. The van der Waals surface area contributed by atoms with E-state index in [9.17, 15) is 4.79 Å². The number of hydrogen-bond acceptors (Lipinski definition) is 4. The Hall–Kier alpha value is -2.45. The van der Waals surface area contributed by atoms with Crippen LogP contribution in [0, 0.1) is 11.3 Å². The van der Waals surface area contributed by atoms with Gasteiger partial charge in [-0.15, -0.1) is 0 Å². The molecule has 0 unspecified atom stereocenters. The lowest BCUT2D eigenvalue weighted by Gasteiger charge is -2.27. The molecule has 0 radical (unpaired) electrons. The largest absolute Gasteiger partial charge is 0.310 e. The van der Waals surface area contributed by atoms with Crippen molar-refractivity contribution >= 4 is 0 Å². The number of aromatic amines is 1. The summed E-state index contributed by atoms with van der Waals surface area (Å²) < 4.78 is 0. The summed E-state index contributed by atoms with van der Waals surface area (Å²) in [7, 11) is 0. The Morgan fingerprint density at radius 3 is 3.09 bits per heavy atom. The molecule has 5 nitrogen and oxygen atoms in total. The van der Waals surface area contributed by atoms with E-state index in [2.05, 4.69) is 27.9 Å². The molecule has 3 rings (SSSR count). The number of hydrogen-bond donors (Lipinski definition) is 1. The van der Waals surface area contributed by atoms with Gasteiger partial charge in [-0.1, -0.05) is 19.1 Å². The van der Waals surface area contributed by atoms with Gasteiger partial charge in [-0.2, -0.15) is 5.26 Å². The van der Waals surface area contributed by atoms with Crippen LogP contribution in [-0.4, -0.2) is 21.4 Å². The van der Waals surface area contributed by atoms with Crippen LogP contribution in [0.2, 0.25) is 0 Å². The van der Waals surface area contributed by atoms with Gasteiger partial charge in [0.05, 0.1) is 17.3 Å². The molecule has 0 aliphatic carbocycles. The van der Waals surface area contributed by atoms with E-state index >= 15 is 0 Å². The van der Waals surface area contributed by atoms with Crippen molar-refractivity contribution < 1.29 is 0 Å². The molecular weight excluding hydrogens is 288 g/mol. The van der Waals surface area contributed by atoms with Crippen molar-refractivity contribution in [2.24, 2.45) is 0 Å². The third-order valence-corrected chi connectivity index (χ3v) is 4.15. The van der Waals surface area contributed by atoms with Crippen LogP contribution < -0.4 is 5.56 Å². The molecule has 0 saturated carbocycles. The van der Waals surface area contributed by atoms with E-state index in [0.717, 1.165) is 55.0 Å². The average Bonchev–Trinajstić information content (AvgIpc) is 2.55. The van der Waals surface area contributed by atoms with Gasteiger partial charge in [0.25, 0.3) is 5.56 Å². The van der Waals surface area contributed by atoms with E-state index < -0.39 is 0 Å². The lowest BCUT2D eigenvalue weighted by Crippen LogP contribution is -2.35. The van der Waals surface area contributed by atoms with Crippen LogP contribution in [0.15, 0.2) is 29.1 Å². The van der Waals surface area contributed by atoms with E-state index in [0.29, 0.717) is 12.1 Å². The number of fused-ring (bicyclic) bond motifs is 1. The number of nitrogens with one attached hydrogen (secondary N) is 1. The Labute approximate surface area is 135 Å². The quantitative estimate of drug-likeness (QED) is 0.939. The smallest absolute Gasteiger partial charge is 0.254 e. The Kier molecular flexibility index (Phi) is 4.54. The molecule has 0 fully saturated rings. The van der Waals surface area contributed by atoms with E-state index in [1.807, 2.05) is 24.3 Å². The molecule has 2 aromatic rings. The van der Waals surface area contributed by atoms with Gasteiger partial charge < -0.3 is 4.98 Å². The number of nitrogens with zero attached hydrogens (tertiary/aromatic N) is 3. The van der Waals surface area contributed by atoms with Crippen molar-refractivity contribution in [2.45, 2.75) is 39.3 Å². The fourth-order valence-corrected chi connectivity index (χ4v) is 3.03. The number of nitriles is 1. The number of rotatable bonds is 4. The third kappa shape index (κ3) is 3.49. The zero-order valence-corrected chi connectivity index (χ0v) is 13.3. The lowest BCUT2D eigenvalue weighted by molar-refractivity contribution is 0.240. The maximum atomic E-state index is 12.2.